The van der Waals surface area contributed by atoms with Crippen molar-refractivity contribution in [3.8, 4) is 0 Å². The number of esters is 2. The fourth-order valence-corrected chi connectivity index (χ4v) is 8.55. The van der Waals surface area contributed by atoms with Gasteiger partial charge in [0.1, 0.15) is 12.7 Å². The Morgan fingerprint density at radius 1 is 0.426 bits per heavy atom. The van der Waals surface area contributed by atoms with Gasteiger partial charge in [-0.2, -0.15) is 0 Å². The molecule has 0 aliphatic heterocycles. The molecule has 0 aromatic heterocycles. The van der Waals surface area contributed by atoms with Crippen LogP contribution in [0.15, 0.2) is 0 Å². The number of aliphatic hydroxyl groups is 2. The maximum Gasteiger partial charge on any atom is 0.472 e. The summed E-state index contributed by atoms with van der Waals surface area (Å²) >= 11 is 0. The van der Waals surface area contributed by atoms with Crippen LogP contribution in [0.1, 0.15) is 271 Å². The van der Waals surface area contributed by atoms with Crippen LogP contribution in [0.2, 0.25) is 0 Å². The third-order valence-corrected chi connectivity index (χ3v) is 12.7. The average molecular weight is 891 g/mol. The predicted molar refractivity (Wildman–Crippen MR) is 252 cm³/mol. The molecule has 0 spiro atoms. The number of aliphatic hydroxyl groups excluding tert-OH is 2. The van der Waals surface area contributed by atoms with Crippen molar-refractivity contribution >= 4 is 19.8 Å². The summed E-state index contributed by atoms with van der Waals surface area (Å²) in [6.45, 7) is 2.45. The minimum atomic E-state index is -4.61. The number of rotatable bonds is 50. The second kappa shape index (κ2) is 46.9. The molecule has 3 atom stereocenters. The molecule has 0 aliphatic carbocycles. The lowest BCUT2D eigenvalue weighted by Gasteiger charge is -2.20. The standard InChI is InChI=1S/C50H99O10P/c1-3-5-7-9-11-13-15-17-19-21-22-23-24-25-26-28-29-31-33-35-37-39-41-49(53)57-45-48(46-59-61(55,56)58-44-47(52)43-51)60-50(54)42-40-38-36-34-32-30-27-20-18-16-14-12-10-8-6-4-2/h47-48,51-52H,3-46H2,1-2H3,(H,55,56)/t47-,48-/m1/s1. The molecule has 0 fully saturated rings. The molecule has 0 saturated heterocycles. The lowest BCUT2D eigenvalue weighted by Crippen LogP contribution is -2.29. The molecule has 0 heterocycles. The Balaban J connectivity index is 4.09. The largest absolute Gasteiger partial charge is 0.472 e. The molecule has 61 heavy (non-hydrogen) atoms. The Morgan fingerprint density at radius 2 is 0.705 bits per heavy atom. The fourth-order valence-electron chi connectivity index (χ4n) is 7.76. The van der Waals surface area contributed by atoms with Gasteiger partial charge in [0.25, 0.3) is 0 Å². The zero-order chi connectivity index (χ0) is 44.8. The molecule has 0 aromatic rings. The molecule has 0 aromatic carbocycles. The zero-order valence-electron chi connectivity index (χ0n) is 39.9. The fraction of sp³-hybridized carbons (Fsp3) is 0.960. The second-order valence-electron chi connectivity index (χ2n) is 17.9. The average Bonchev–Trinajstić information content (AvgIpc) is 3.25. The molecule has 364 valence electrons. The SMILES string of the molecule is CCCCCCCCCCCCCCCCCCCCCCCCC(=O)OC[C@H](COP(=O)(O)OC[C@H](O)CO)OC(=O)CCCCCCCCCCCCCCCCCC. The summed E-state index contributed by atoms with van der Waals surface area (Å²) in [6.07, 6.45) is 46.4. The van der Waals surface area contributed by atoms with Gasteiger partial charge in [0, 0.05) is 12.8 Å². The van der Waals surface area contributed by atoms with Gasteiger partial charge in [-0.25, -0.2) is 4.57 Å². The van der Waals surface area contributed by atoms with E-state index in [1.54, 1.807) is 0 Å². The molecule has 1 unspecified atom stereocenters. The van der Waals surface area contributed by atoms with Gasteiger partial charge in [-0.15, -0.1) is 0 Å². The van der Waals surface area contributed by atoms with Crippen LogP contribution < -0.4 is 0 Å². The molecule has 0 aliphatic rings. The number of phosphoric acid groups is 1. The van der Waals surface area contributed by atoms with Gasteiger partial charge >= 0.3 is 19.8 Å². The molecule has 0 rings (SSSR count). The highest BCUT2D eigenvalue weighted by Crippen LogP contribution is 2.43. The summed E-state index contributed by atoms with van der Waals surface area (Å²) in [7, 11) is -4.61. The van der Waals surface area contributed by atoms with E-state index in [9.17, 15) is 24.2 Å². The van der Waals surface area contributed by atoms with Crippen LogP contribution in [-0.2, 0) is 32.7 Å². The number of phosphoric ester groups is 1. The van der Waals surface area contributed by atoms with Gasteiger partial charge in [0.2, 0.25) is 0 Å². The quantitative estimate of drug-likeness (QED) is 0.0306. The number of hydrogen-bond acceptors (Lipinski definition) is 9. The van der Waals surface area contributed by atoms with Crippen LogP contribution in [0.3, 0.4) is 0 Å². The van der Waals surface area contributed by atoms with Crippen LogP contribution in [0, 0.1) is 0 Å². The highest BCUT2D eigenvalue weighted by molar-refractivity contribution is 7.47. The molecule has 0 amide bonds. The van der Waals surface area contributed by atoms with Crippen molar-refractivity contribution in [2.24, 2.45) is 0 Å². The number of hydrogen-bond donors (Lipinski definition) is 3. The van der Waals surface area contributed by atoms with Gasteiger partial charge in [-0.05, 0) is 12.8 Å². The smallest absolute Gasteiger partial charge is 0.462 e. The Hall–Kier alpha value is -1.03. The van der Waals surface area contributed by atoms with Gasteiger partial charge in [0.05, 0.1) is 19.8 Å². The second-order valence-corrected chi connectivity index (χ2v) is 19.4. The van der Waals surface area contributed by atoms with E-state index in [-0.39, 0.29) is 19.4 Å². The van der Waals surface area contributed by atoms with Crippen molar-refractivity contribution in [3.63, 3.8) is 0 Å². The minimum Gasteiger partial charge on any atom is -0.462 e. The topological polar surface area (TPSA) is 149 Å². The van der Waals surface area contributed by atoms with Crippen LogP contribution in [0.5, 0.6) is 0 Å². The summed E-state index contributed by atoms with van der Waals surface area (Å²) in [5.41, 5.74) is 0. The summed E-state index contributed by atoms with van der Waals surface area (Å²) in [5, 5.41) is 18.4. The Labute approximate surface area is 375 Å². The summed E-state index contributed by atoms with van der Waals surface area (Å²) in [6, 6.07) is 0. The van der Waals surface area contributed by atoms with Crippen LogP contribution in [0.25, 0.3) is 0 Å². The maximum absolute atomic E-state index is 12.7. The van der Waals surface area contributed by atoms with E-state index in [2.05, 4.69) is 13.8 Å². The lowest BCUT2D eigenvalue weighted by atomic mass is 10.0. The third-order valence-electron chi connectivity index (χ3n) is 11.8. The first-order chi connectivity index (χ1) is 29.7. The van der Waals surface area contributed by atoms with E-state index in [0.29, 0.717) is 12.8 Å². The van der Waals surface area contributed by atoms with Crippen LogP contribution in [-0.4, -0.2) is 65.7 Å². The minimum absolute atomic E-state index is 0.193. The van der Waals surface area contributed by atoms with Gasteiger partial charge < -0.3 is 24.6 Å². The first kappa shape index (κ1) is 60.0. The lowest BCUT2D eigenvalue weighted by molar-refractivity contribution is -0.161. The monoisotopic (exact) mass is 891 g/mol. The molecule has 3 N–H and O–H groups in total. The van der Waals surface area contributed by atoms with E-state index >= 15 is 0 Å². The van der Waals surface area contributed by atoms with Gasteiger partial charge in [-0.3, -0.25) is 18.6 Å². The Kier molecular flexibility index (Phi) is 46.2. The summed E-state index contributed by atoms with van der Waals surface area (Å²) in [5.74, 6) is -0.902. The van der Waals surface area contributed by atoms with Gasteiger partial charge in [0.15, 0.2) is 6.10 Å². The molecule has 0 radical (unpaired) electrons. The first-order valence-electron chi connectivity index (χ1n) is 26.0. The van der Waals surface area contributed by atoms with Crippen molar-refractivity contribution in [2.75, 3.05) is 26.4 Å². The highest BCUT2D eigenvalue weighted by Gasteiger charge is 2.27. The third kappa shape index (κ3) is 46.8. The molecule has 11 heteroatoms. The predicted octanol–water partition coefficient (Wildman–Crippen LogP) is 14.6. The van der Waals surface area contributed by atoms with Crippen molar-refractivity contribution < 1.29 is 47.8 Å². The van der Waals surface area contributed by atoms with Gasteiger partial charge in [-0.1, -0.05) is 245 Å². The number of carbonyl (C=O) groups is 2. The number of ether oxygens (including phenoxy) is 2. The molecule has 0 saturated carbocycles. The van der Waals surface area contributed by atoms with E-state index < -0.39 is 51.8 Å². The normalized spacial score (nSPS) is 13.6. The molecular weight excluding hydrogens is 792 g/mol. The van der Waals surface area contributed by atoms with Crippen molar-refractivity contribution in [2.45, 2.75) is 283 Å². The summed E-state index contributed by atoms with van der Waals surface area (Å²) in [4.78, 5) is 35.2. The molecule has 0 bridgehead atoms. The zero-order valence-corrected chi connectivity index (χ0v) is 40.8. The number of unbranched alkanes of at least 4 members (excludes halogenated alkanes) is 36. The summed E-state index contributed by atoms with van der Waals surface area (Å²) < 4.78 is 32.9. The highest BCUT2D eigenvalue weighted by atomic mass is 31.2. The number of carbonyl (C=O) groups excluding carboxylic acids is 2. The maximum atomic E-state index is 12.7. The van der Waals surface area contributed by atoms with Crippen molar-refractivity contribution in [1.29, 1.82) is 0 Å². The van der Waals surface area contributed by atoms with Crippen LogP contribution in [0.4, 0.5) is 0 Å². The van der Waals surface area contributed by atoms with E-state index in [4.69, 9.17) is 23.6 Å². The van der Waals surface area contributed by atoms with Crippen molar-refractivity contribution in [1.82, 2.24) is 0 Å². The molecular formula is C50H99O10P. The Morgan fingerprint density at radius 3 is 1.02 bits per heavy atom. The van der Waals surface area contributed by atoms with E-state index in [1.807, 2.05) is 0 Å². The van der Waals surface area contributed by atoms with Crippen molar-refractivity contribution in [3.05, 3.63) is 0 Å². The van der Waals surface area contributed by atoms with E-state index in [1.165, 1.54) is 199 Å². The van der Waals surface area contributed by atoms with Crippen LogP contribution >= 0.6 is 7.82 Å². The molecule has 10 nitrogen and oxygen atoms in total. The first-order valence-corrected chi connectivity index (χ1v) is 27.5. The van der Waals surface area contributed by atoms with E-state index in [0.717, 1.165) is 32.1 Å². The Bertz CT molecular complexity index is 982.